The van der Waals surface area contributed by atoms with Gasteiger partial charge in [0.2, 0.25) is 0 Å². The number of rotatable bonds is 1. The molecule has 0 radical (unpaired) electrons. The third kappa shape index (κ3) is 2.42. The zero-order valence-electron chi connectivity index (χ0n) is 8.29. The second kappa shape index (κ2) is 3.93. The highest BCUT2D eigenvalue weighted by Gasteiger charge is 2.34. The van der Waals surface area contributed by atoms with E-state index in [1.165, 1.54) is 18.7 Å². The molecule has 1 atom stereocenters. The van der Waals surface area contributed by atoms with Gasteiger partial charge in [0.05, 0.1) is 19.2 Å². The standard InChI is InChI=1S/C9H13FN2O2/c1-9(2,10)8(13)12-3-4-14-7(5-11)6-12/h7H,3-4,6H2,1-2H3. The van der Waals surface area contributed by atoms with Crippen LogP contribution in [-0.4, -0.2) is 42.3 Å². The minimum Gasteiger partial charge on any atom is -0.360 e. The van der Waals surface area contributed by atoms with Crippen LogP contribution in [0.4, 0.5) is 4.39 Å². The lowest BCUT2D eigenvalue weighted by molar-refractivity contribution is -0.147. The number of hydrogen-bond donors (Lipinski definition) is 0. The first kappa shape index (κ1) is 10.9. The Morgan fingerprint density at radius 2 is 2.36 bits per heavy atom. The minimum atomic E-state index is -1.88. The summed E-state index contributed by atoms with van der Waals surface area (Å²) >= 11 is 0. The van der Waals surface area contributed by atoms with E-state index in [2.05, 4.69) is 0 Å². The number of alkyl halides is 1. The Morgan fingerprint density at radius 3 is 2.86 bits per heavy atom. The molecule has 1 aliphatic heterocycles. The van der Waals surface area contributed by atoms with Gasteiger partial charge in [-0.3, -0.25) is 4.79 Å². The van der Waals surface area contributed by atoms with Crippen LogP contribution in [0.5, 0.6) is 0 Å². The molecule has 0 saturated carbocycles. The molecule has 1 fully saturated rings. The van der Waals surface area contributed by atoms with Crippen molar-refractivity contribution in [1.82, 2.24) is 4.90 Å². The van der Waals surface area contributed by atoms with E-state index in [4.69, 9.17) is 10.00 Å². The number of carbonyl (C=O) groups excluding carboxylic acids is 1. The quantitative estimate of drug-likeness (QED) is 0.618. The number of carbonyl (C=O) groups is 1. The average molecular weight is 200 g/mol. The first-order valence-electron chi connectivity index (χ1n) is 4.44. The third-order valence-electron chi connectivity index (χ3n) is 2.01. The summed E-state index contributed by atoms with van der Waals surface area (Å²) in [7, 11) is 0. The van der Waals surface area contributed by atoms with Crippen LogP contribution >= 0.6 is 0 Å². The maximum Gasteiger partial charge on any atom is 0.259 e. The Labute approximate surface area is 82.2 Å². The van der Waals surface area contributed by atoms with E-state index in [0.29, 0.717) is 13.2 Å². The summed E-state index contributed by atoms with van der Waals surface area (Å²) in [6.45, 7) is 3.23. The van der Waals surface area contributed by atoms with Crippen molar-refractivity contribution < 1.29 is 13.9 Å². The van der Waals surface area contributed by atoms with E-state index in [-0.39, 0.29) is 6.54 Å². The number of hydrogen-bond acceptors (Lipinski definition) is 3. The second-order valence-electron chi connectivity index (χ2n) is 3.71. The van der Waals surface area contributed by atoms with Gasteiger partial charge in [0, 0.05) is 6.54 Å². The van der Waals surface area contributed by atoms with Crippen molar-refractivity contribution in [2.75, 3.05) is 19.7 Å². The number of nitriles is 1. The van der Waals surface area contributed by atoms with Crippen molar-refractivity contribution in [1.29, 1.82) is 5.26 Å². The van der Waals surface area contributed by atoms with E-state index in [1.54, 1.807) is 0 Å². The molecule has 0 aromatic rings. The Balaban J connectivity index is 2.62. The predicted molar refractivity (Wildman–Crippen MR) is 47.1 cm³/mol. The van der Waals surface area contributed by atoms with Crippen LogP contribution in [0.15, 0.2) is 0 Å². The lowest BCUT2D eigenvalue weighted by Gasteiger charge is -2.32. The monoisotopic (exact) mass is 200 g/mol. The molecule has 0 bridgehead atoms. The molecule has 1 unspecified atom stereocenters. The normalized spacial score (nSPS) is 23.0. The van der Waals surface area contributed by atoms with E-state index in [9.17, 15) is 9.18 Å². The minimum absolute atomic E-state index is 0.155. The maximum absolute atomic E-state index is 13.3. The number of halogens is 1. The lowest BCUT2D eigenvalue weighted by atomic mass is 10.1. The van der Waals surface area contributed by atoms with Gasteiger partial charge in [-0.15, -0.1) is 0 Å². The van der Waals surface area contributed by atoms with Crippen LogP contribution in [-0.2, 0) is 9.53 Å². The highest BCUT2D eigenvalue weighted by atomic mass is 19.1. The van der Waals surface area contributed by atoms with Crippen molar-refractivity contribution in [3.05, 3.63) is 0 Å². The van der Waals surface area contributed by atoms with Crippen molar-refractivity contribution in [3.8, 4) is 6.07 Å². The molecule has 1 amide bonds. The summed E-state index contributed by atoms with van der Waals surface area (Å²) in [5, 5.41) is 8.59. The Kier molecular flexibility index (Phi) is 3.06. The van der Waals surface area contributed by atoms with Crippen LogP contribution in [0.25, 0.3) is 0 Å². The van der Waals surface area contributed by atoms with E-state index in [0.717, 1.165) is 0 Å². The number of ether oxygens (including phenoxy) is 1. The SMILES string of the molecule is CC(C)(F)C(=O)N1CCOC(C#N)C1. The van der Waals surface area contributed by atoms with Crippen LogP contribution in [0.1, 0.15) is 13.8 Å². The summed E-state index contributed by atoms with van der Waals surface area (Å²) in [5.74, 6) is -0.582. The van der Waals surface area contributed by atoms with Gasteiger partial charge in [-0.05, 0) is 13.8 Å². The number of amides is 1. The molecular formula is C9H13FN2O2. The molecule has 4 nitrogen and oxygen atoms in total. The highest BCUT2D eigenvalue weighted by Crippen LogP contribution is 2.15. The van der Waals surface area contributed by atoms with Gasteiger partial charge in [-0.1, -0.05) is 0 Å². The summed E-state index contributed by atoms with van der Waals surface area (Å²) in [4.78, 5) is 12.8. The highest BCUT2D eigenvalue weighted by molar-refractivity contribution is 5.84. The molecule has 5 heteroatoms. The molecule has 1 aliphatic rings. The van der Waals surface area contributed by atoms with Gasteiger partial charge < -0.3 is 9.64 Å². The molecule has 1 rings (SSSR count). The van der Waals surface area contributed by atoms with Crippen LogP contribution < -0.4 is 0 Å². The molecular weight excluding hydrogens is 187 g/mol. The van der Waals surface area contributed by atoms with Crippen LogP contribution in [0.3, 0.4) is 0 Å². The summed E-state index contributed by atoms with van der Waals surface area (Å²) in [6.07, 6.45) is -0.630. The average Bonchev–Trinajstić information content (AvgIpc) is 2.15. The second-order valence-corrected chi connectivity index (χ2v) is 3.71. The van der Waals surface area contributed by atoms with Gasteiger partial charge in [0.1, 0.15) is 0 Å². The lowest BCUT2D eigenvalue weighted by Crippen LogP contribution is -2.50. The number of morpholine rings is 1. The maximum atomic E-state index is 13.3. The van der Waals surface area contributed by atoms with Gasteiger partial charge in [-0.2, -0.15) is 5.26 Å². The molecule has 0 aromatic heterocycles. The molecule has 1 heterocycles. The third-order valence-corrected chi connectivity index (χ3v) is 2.01. The summed E-state index contributed by atoms with van der Waals surface area (Å²) in [5.41, 5.74) is -1.88. The van der Waals surface area contributed by atoms with E-state index < -0.39 is 17.7 Å². The fourth-order valence-corrected chi connectivity index (χ4v) is 1.29. The van der Waals surface area contributed by atoms with Crippen molar-refractivity contribution in [2.45, 2.75) is 25.6 Å². The van der Waals surface area contributed by atoms with E-state index >= 15 is 0 Å². The smallest absolute Gasteiger partial charge is 0.259 e. The molecule has 14 heavy (non-hydrogen) atoms. The number of nitrogens with zero attached hydrogens (tertiary/aromatic N) is 2. The molecule has 1 saturated heterocycles. The fourth-order valence-electron chi connectivity index (χ4n) is 1.29. The zero-order valence-corrected chi connectivity index (χ0v) is 8.29. The van der Waals surface area contributed by atoms with Gasteiger partial charge in [0.15, 0.2) is 11.8 Å². The molecule has 0 N–H and O–H groups in total. The Morgan fingerprint density at radius 1 is 1.71 bits per heavy atom. The van der Waals surface area contributed by atoms with Gasteiger partial charge in [-0.25, -0.2) is 4.39 Å². The zero-order chi connectivity index (χ0) is 10.8. The fraction of sp³-hybridized carbons (Fsp3) is 0.778. The largest absolute Gasteiger partial charge is 0.360 e. The summed E-state index contributed by atoms with van der Waals surface area (Å²) < 4.78 is 18.3. The Bertz CT molecular complexity index is 267. The van der Waals surface area contributed by atoms with Crippen LogP contribution in [0, 0.1) is 11.3 Å². The Hall–Kier alpha value is -1.15. The van der Waals surface area contributed by atoms with Crippen molar-refractivity contribution in [3.63, 3.8) is 0 Å². The first-order valence-corrected chi connectivity index (χ1v) is 4.44. The van der Waals surface area contributed by atoms with Gasteiger partial charge in [0.25, 0.3) is 5.91 Å². The topological polar surface area (TPSA) is 53.3 Å². The first-order chi connectivity index (χ1) is 6.45. The van der Waals surface area contributed by atoms with Crippen LogP contribution in [0.2, 0.25) is 0 Å². The van der Waals surface area contributed by atoms with Gasteiger partial charge >= 0.3 is 0 Å². The predicted octanol–water partition coefficient (Wildman–Crippen LogP) is 0.485. The molecule has 0 spiro atoms. The van der Waals surface area contributed by atoms with Crippen molar-refractivity contribution in [2.24, 2.45) is 0 Å². The molecule has 78 valence electrons. The molecule has 0 aromatic carbocycles. The summed E-state index contributed by atoms with van der Waals surface area (Å²) in [6, 6.07) is 1.90. The van der Waals surface area contributed by atoms with Crippen molar-refractivity contribution >= 4 is 5.91 Å². The molecule has 0 aliphatic carbocycles. The van der Waals surface area contributed by atoms with E-state index in [1.807, 2.05) is 6.07 Å².